The first-order valence-corrected chi connectivity index (χ1v) is 28.5. The van der Waals surface area contributed by atoms with E-state index in [1.165, 1.54) is 71.3 Å². The van der Waals surface area contributed by atoms with Gasteiger partial charge in [-0.05, 0) is 157 Å². The molecular formula is C63H54O6S3. The Bertz CT molecular complexity index is 3770. The van der Waals surface area contributed by atoms with Crippen molar-refractivity contribution in [2.24, 2.45) is 0 Å². The maximum absolute atomic E-state index is 16.5. The first-order chi connectivity index (χ1) is 34.6. The third kappa shape index (κ3) is 9.40. The summed E-state index contributed by atoms with van der Waals surface area (Å²) in [6.45, 7) is 5.48. The average Bonchev–Trinajstić information content (AvgIpc) is 3.35. The summed E-state index contributed by atoms with van der Waals surface area (Å²) in [6.07, 6.45) is 2.69. The van der Waals surface area contributed by atoms with Gasteiger partial charge in [0.25, 0.3) is 0 Å². The molecule has 9 aromatic carbocycles. The fourth-order valence-electron chi connectivity index (χ4n) is 10.2. The largest absolute Gasteiger partial charge is 0.233 e. The van der Waals surface area contributed by atoms with Gasteiger partial charge in [-0.2, -0.15) is 0 Å². The van der Waals surface area contributed by atoms with E-state index in [1.807, 2.05) is 51.1 Å². The normalized spacial score (nSPS) is 13.9. The van der Waals surface area contributed by atoms with Crippen molar-refractivity contribution in [3.63, 3.8) is 0 Å². The molecule has 360 valence electrons. The summed E-state index contributed by atoms with van der Waals surface area (Å²) < 4.78 is 94.0. The van der Waals surface area contributed by atoms with Crippen LogP contribution in [-0.4, -0.2) is 25.3 Å². The molecule has 0 heterocycles. The van der Waals surface area contributed by atoms with Crippen molar-refractivity contribution < 1.29 is 25.3 Å². The minimum Gasteiger partial charge on any atom is -0.221 e. The molecule has 1 aliphatic carbocycles. The molecule has 72 heavy (non-hydrogen) atoms. The van der Waals surface area contributed by atoms with Crippen molar-refractivity contribution in [1.82, 2.24) is 0 Å². The van der Waals surface area contributed by atoms with E-state index < -0.39 is 38.5 Å². The van der Waals surface area contributed by atoms with Crippen LogP contribution < -0.4 is 0 Å². The molecule has 0 aromatic heterocycles. The number of hydrogen-bond donors (Lipinski definition) is 0. The molecule has 0 spiro atoms. The third-order valence-electron chi connectivity index (χ3n) is 13.8. The molecule has 9 aromatic rings. The van der Waals surface area contributed by atoms with E-state index in [0.29, 0.717) is 30.4 Å². The van der Waals surface area contributed by atoms with Crippen molar-refractivity contribution in [2.45, 2.75) is 76.5 Å². The van der Waals surface area contributed by atoms with E-state index >= 15 is 25.3 Å². The van der Waals surface area contributed by atoms with Crippen LogP contribution in [0.1, 0.15) is 83.5 Å². The highest BCUT2D eigenvalue weighted by Crippen LogP contribution is 2.52. The Hall–Kier alpha value is -7.17. The van der Waals surface area contributed by atoms with Crippen LogP contribution in [-0.2, 0) is 65.7 Å². The highest BCUT2D eigenvalue weighted by atomic mass is 32.3. The number of hydrogen-bond acceptors (Lipinski definition) is 6. The molecule has 0 unspecified atom stereocenters. The summed E-state index contributed by atoms with van der Waals surface area (Å²) in [4.78, 5) is -1.09. The number of aryl methyl sites for hydroxylation is 3. The topological polar surface area (TPSA) is 102 Å². The van der Waals surface area contributed by atoms with Gasteiger partial charge in [0, 0.05) is 5.56 Å². The second-order valence-corrected chi connectivity index (χ2v) is 25.6. The van der Waals surface area contributed by atoms with Gasteiger partial charge >= 0.3 is 0 Å². The number of rotatable bonds is 6. The number of fused-ring (bicyclic) bond motifs is 12. The van der Waals surface area contributed by atoms with Crippen molar-refractivity contribution in [3.8, 4) is 0 Å². The van der Waals surface area contributed by atoms with Crippen LogP contribution in [0.4, 0.5) is 0 Å². The van der Waals surface area contributed by atoms with E-state index in [2.05, 4.69) is 72.8 Å². The molecule has 0 N–H and O–H groups in total. The standard InChI is InChI=1S/C63H54O6S3/c1-44-19-26-58(27-20-44)70(64,65)62-32-25-56-41-54-16-7-14-52(39-54)37-50-12-5-10-48(35-50)33-47-9-4-11-49(34-47)36-51-13-6-15-53(38-51)40-55-17-8-18-57(42-55)63(61(62)43-56,71(66,67)59-28-21-45(2)22-29-59)72(68,69)60-30-23-46(3)24-31-60/h4-32,34-35,38-39,42-43H,33,36-37,40-41H2,1-3H3. The molecule has 0 saturated carbocycles. The molecule has 0 atom stereocenters. The zero-order chi connectivity index (χ0) is 50.3. The zero-order valence-electron chi connectivity index (χ0n) is 40.4. The fraction of sp³-hybridized carbons (Fsp3) is 0.143. The first kappa shape index (κ1) is 48.5. The highest BCUT2D eigenvalue weighted by molar-refractivity contribution is 8.10. The van der Waals surface area contributed by atoms with Gasteiger partial charge in [0.15, 0.2) is 0 Å². The van der Waals surface area contributed by atoms with Crippen molar-refractivity contribution in [3.05, 3.63) is 296 Å². The first-order valence-electron chi connectivity index (χ1n) is 24.1. The van der Waals surface area contributed by atoms with E-state index in [0.717, 1.165) is 50.9 Å². The molecule has 0 saturated heterocycles. The molecule has 9 heteroatoms. The van der Waals surface area contributed by atoms with Crippen molar-refractivity contribution in [1.29, 1.82) is 0 Å². The van der Waals surface area contributed by atoms with Crippen LogP contribution in [0.15, 0.2) is 232 Å². The molecule has 1 aliphatic rings. The Morgan fingerprint density at radius 1 is 0.306 bits per heavy atom. The van der Waals surface area contributed by atoms with Crippen LogP contribution in [0.5, 0.6) is 0 Å². The molecule has 12 bridgehead atoms. The second-order valence-electron chi connectivity index (χ2n) is 19.3. The highest BCUT2D eigenvalue weighted by Gasteiger charge is 2.61. The lowest BCUT2D eigenvalue weighted by atomic mass is 9.93. The smallest absolute Gasteiger partial charge is 0.221 e. The quantitative estimate of drug-likeness (QED) is 0.164. The SMILES string of the molecule is Cc1ccc(S(=O)(=O)c2ccc3cc2C(S(=O)(=O)c2ccc(C)cc2)(S(=O)(=O)c2ccc(C)cc2)c2cccc(c2)Cc2cccc(c2)Cc2cccc(c2)Cc2cccc(c2)Cc2cccc(c2)C3)cc1. The van der Waals surface area contributed by atoms with E-state index in [9.17, 15) is 0 Å². The van der Waals surface area contributed by atoms with Gasteiger partial charge in [-0.25, -0.2) is 25.3 Å². The second kappa shape index (κ2) is 19.4. The third-order valence-corrected chi connectivity index (χ3v) is 21.1. The Kier molecular flexibility index (Phi) is 13.1. The van der Waals surface area contributed by atoms with Crippen LogP contribution in [0, 0.1) is 20.8 Å². The van der Waals surface area contributed by atoms with Gasteiger partial charge in [-0.1, -0.05) is 187 Å². The van der Waals surface area contributed by atoms with Gasteiger partial charge in [0.05, 0.1) is 19.6 Å². The molecular weight excluding hydrogens is 949 g/mol. The van der Waals surface area contributed by atoms with Crippen molar-refractivity contribution >= 4 is 29.5 Å². The Morgan fingerprint density at radius 3 is 0.944 bits per heavy atom. The lowest BCUT2D eigenvalue weighted by molar-refractivity contribution is 0.556. The Labute approximate surface area is 424 Å². The van der Waals surface area contributed by atoms with Gasteiger partial charge in [0.1, 0.15) is 0 Å². The summed E-state index contributed by atoms with van der Waals surface area (Å²) in [6, 6.07) is 63.4. The van der Waals surface area contributed by atoms with Crippen molar-refractivity contribution in [2.75, 3.05) is 0 Å². The average molecular weight is 1000 g/mol. The molecule has 6 nitrogen and oxygen atoms in total. The monoisotopic (exact) mass is 1000 g/mol. The van der Waals surface area contributed by atoms with Crippen LogP contribution in [0.2, 0.25) is 0 Å². The maximum Gasteiger partial charge on any atom is 0.233 e. The molecule has 10 rings (SSSR count). The predicted octanol–water partition coefficient (Wildman–Crippen LogP) is 12.9. The maximum atomic E-state index is 16.5. The number of sulfone groups is 3. The molecule has 0 aliphatic heterocycles. The molecule has 0 fully saturated rings. The van der Waals surface area contributed by atoms with Gasteiger partial charge in [0.2, 0.25) is 33.6 Å². The van der Waals surface area contributed by atoms with Crippen LogP contribution in [0.3, 0.4) is 0 Å². The summed E-state index contributed by atoms with van der Waals surface area (Å²) in [5.74, 6) is 0. The summed E-state index contributed by atoms with van der Waals surface area (Å²) >= 11 is 0. The van der Waals surface area contributed by atoms with Gasteiger partial charge < -0.3 is 0 Å². The van der Waals surface area contributed by atoms with Crippen LogP contribution >= 0.6 is 0 Å². The fourth-order valence-corrected chi connectivity index (χ4v) is 17.0. The summed E-state index contributed by atoms with van der Waals surface area (Å²) in [5.41, 5.74) is 11.7. The summed E-state index contributed by atoms with van der Waals surface area (Å²) in [7, 11) is -15.0. The predicted molar refractivity (Wildman–Crippen MR) is 287 cm³/mol. The Morgan fingerprint density at radius 2 is 0.597 bits per heavy atom. The minimum atomic E-state index is -5.19. The Balaban J connectivity index is 1.30. The van der Waals surface area contributed by atoms with E-state index in [-0.39, 0.29) is 32.2 Å². The minimum absolute atomic E-state index is 0.103. The number of benzene rings is 9. The molecule has 0 amide bonds. The van der Waals surface area contributed by atoms with Crippen LogP contribution in [0.25, 0.3) is 0 Å². The lowest BCUT2D eigenvalue weighted by Crippen LogP contribution is -2.46. The van der Waals surface area contributed by atoms with E-state index in [4.69, 9.17) is 0 Å². The molecule has 0 radical (unpaired) electrons. The summed E-state index contributed by atoms with van der Waals surface area (Å²) in [5, 5.41) is 0. The lowest BCUT2D eigenvalue weighted by Gasteiger charge is -2.36. The van der Waals surface area contributed by atoms with Gasteiger partial charge in [-0.15, -0.1) is 0 Å². The van der Waals surface area contributed by atoms with Gasteiger partial charge in [-0.3, -0.25) is 0 Å². The van der Waals surface area contributed by atoms with E-state index in [1.54, 1.807) is 54.6 Å². The zero-order valence-corrected chi connectivity index (χ0v) is 42.9.